The predicted octanol–water partition coefficient (Wildman–Crippen LogP) is 4.12. The Morgan fingerprint density at radius 2 is 1.86 bits per heavy atom. The molecule has 0 fully saturated rings. The quantitative estimate of drug-likeness (QED) is 0.777. The van der Waals surface area contributed by atoms with Gasteiger partial charge in [-0.2, -0.15) is 0 Å². The second-order valence-corrected chi connectivity index (χ2v) is 7.00. The summed E-state index contributed by atoms with van der Waals surface area (Å²) in [4.78, 5) is -0.386. The van der Waals surface area contributed by atoms with E-state index in [1.165, 1.54) is 18.2 Å². The van der Waals surface area contributed by atoms with Gasteiger partial charge in [0, 0.05) is 16.2 Å². The lowest BCUT2D eigenvalue weighted by Gasteiger charge is -2.09. The molecule has 2 rings (SSSR count). The Kier molecular flexibility index (Phi) is 4.70. The van der Waals surface area contributed by atoms with Crippen LogP contribution in [0.5, 0.6) is 5.75 Å². The zero-order valence-corrected chi connectivity index (χ0v) is 12.6. The molecule has 2 aromatic carbocycles. The van der Waals surface area contributed by atoms with E-state index in [-0.39, 0.29) is 27.8 Å². The van der Waals surface area contributed by atoms with Crippen LogP contribution in [0.1, 0.15) is 5.56 Å². The maximum Gasteiger partial charge on any atom is 0.261 e. The molecule has 3 nitrogen and oxygen atoms in total. The maximum absolute atomic E-state index is 13.7. The minimum atomic E-state index is -4.02. The molecule has 2 aromatic rings. The lowest BCUT2D eigenvalue weighted by molar-refractivity contribution is 0.284. The third-order valence-corrected chi connectivity index (χ3v) is 4.24. The first-order valence-corrected chi connectivity index (χ1v) is 8.27. The normalized spacial score (nSPS) is 11.4. The van der Waals surface area contributed by atoms with Crippen LogP contribution in [-0.4, -0.2) is 8.42 Å². The molecular formula is C13H8Cl2F2O3S. The number of hydrogen-bond donors (Lipinski definition) is 0. The summed E-state index contributed by atoms with van der Waals surface area (Å²) in [5.74, 6) is -1.79. The summed E-state index contributed by atoms with van der Waals surface area (Å²) in [7, 11) is 1.07. The van der Waals surface area contributed by atoms with Crippen molar-refractivity contribution in [2.45, 2.75) is 11.5 Å². The predicted molar refractivity (Wildman–Crippen MR) is 75.2 cm³/mol. The summed E-state index contributed by atoms with van der Waals surface area (Å²) in [5.41, 5.74) is 0.149. The Balaban J connectivity index is 2.19. The van der Waals surface area contributed by atoms with Gasteiger partial charge in [0.25, 0.3) is 9.05 Å². The molecule has 0 atom stereocenters. The van der Waals surface area contributed by atoms with Crippen molar-refractivity contribution in [2.75, 3.05) is 0 Å². The molecule has 0 N–H and O–H groups in total. The number of rotatable bonds is 4. The van der Waals surface area contributed by atoms with Gasteiger partial charge in [-0.1, -0.05) is 23.7 Å². The van der Waals surface area contributed by atoms with Gasteiger partial charge in [-0.05, 0) is 24.3 Å². The van der Waals surface area contributed by atoms with Crippen LogP contribution in [0.25, 0.3) is 0 Å². The van der Waals surface area contributed by atoms with Crippen molar-refractivity contribution in [1.29, 1.82) is 0 Å². The summed E-state index contributed by atoms with van der Waals surface area (Å²) in [5, 5.41) is -0.0693. The summed E-state index contributed by atoms with van der Waals surface area (Å²) >= 11 is 5.61. The van der Waals surface area contributed by atoms with Gasteiger partial charge < -0.3 is 4.74 Å². The van der Waals surface area contributed by atoms with Gasteiger partial charge in [-0.3, -0.25) is 0 Å². The molecule has 0 aromatic heterocycles. The first-order valence-electron chi connectivity index (χ1n) is 5.59. The lowest BCUT2D eigenvalue weighted by Crippen LogP contribution is -2.01. The van der Waals surface area contributed by atoms with Crippen LogP contribution in [0.3, 0.4) is 0 Å². The highest BCUT2D eigenvalue weighted by atomic mass is 35.7. The van der Waals surface area contributed by atoms with E-state index < -0.39 is 20.7 Å². The third kappa shape index (κ3) is 3.84. The Morgan fingerprint density at radius 1 is 1.14 bits per heavy atom. The fourth-order valence-electron chi connectivity index (χ4n) is 1.57. The second-order valence-electron chi connectivity index (χ2n) is 4.03. The van der Waals surface area contributed by atoms with Gasteiger partial charge in [-0.15, -0.1) is 0 Å². The molecule has 21 heavy (non-hydrogen) atoms. The third-order valence-electron chi connectivity index (χ3n) is 2.60. The number of hydrogen-bond acceptors (Lipinski definition) is 3. The Labute approximate surface area is 129 Å². The van der Waals surface area contributed by atoms with Crippen molar-refractivity contribution in [1.82, 2.24) is 0 Å². The van der Waals surface area contributed by atoms with E-state index in [1.807, 2.05) is 0 Å². The smallest absolute Gasteiger partial charge is 0.261 e. The SMILES string of the molecule is O=S(=O)(Cl)c1ccc(OCc2cccc(Cl)c2F)c(F)c1. The van der Waals surface area contributed by atoms with Crippen molar-refractivity contribution in [3.05, 3.63) is 58.6 Å². The molecule has 0 aliphatic carbocycles. The van der Waals surface area contributed by atoms with Crippen LogP contribution in [0.4, 0.5) is 8.78 Å². The van der Waals surface area contributed by atoms with Gasteiger partial charge >= 0.3 is 0 Å². The van der Waals surface area contributed by atoms with Crippen molar-refractivity contribution < 1.29 is 21.9 Å². The van der Waals surface area contributed by atoms with Gasteiger partial charge in [0.05, 0.1) is 9.92 Å². The van der Waals surface area contributed by atoms with Crippen LogP contribution in [0, 0.1) is 11.6 Å². The molecule has 0 radical (unpaired) electrons. The van der Waals surface area contributed by atoms with E-state index in [2.05, 4.69) is 0 Å². The number of benzene rings is 2. The molecule has 0 heterocycles. The topological polar surface area (TPSA) is 43.4 Å². The first-order chi connectivity index (χ1) is 9.79. The lowest BCUT2D eigenvalue weighted by atomic mass is 10.2. The molecule has 0 saturated heterocycles. The van der Waals surface area contributed by atoms with Crippen molar-refractivity contribution in [2.24, 2.45) is 0 Å². The minimum absolute atomic E-state index is 0.0693. The van der Waals surface area contributed by atoms with Crippen LogP contribution in [-0.2, 0) is 15.7 Å². The number of halogens is 4. The molecule has 0 aliphatic rings. The standard InChI is InChI=1S/C13H8Cl2F2O3S/c14-10-3-1-2-8(13(10)17)7-20-12-5-4-9(6-11(12)16)21(15,18)19/h1-6H,7H2. The second kappa shape index (κ2) is 6.17. The molecule has 0 amide bonds. The van der Waals surface area contributed by atoms with E-state index in [1.54, 1.807) is 0 Å². The van der Waals surface area contributed by atoms with E-state index in [9.17, 15) is 17.2 Å². The van der Waals surface area contributed by atoms with Crippen molar-refractivity contribution in [3.8, 4) is 5.75 Å². The largest absolute Gasteiger partial charge is 0.486 e. The monoisotopic (exact) mass is 352 g/mol. The van der Waals surface area contributed by atoms with E-state index in [0.717, 1.165) is 18.2 Å². The molecule has 0 unspecified atom stereocenters. The van der Waals surface area contributed by atoms with Crippen LogP contribution < -0.4 is 4.74 Å². The van der Waals surface area contributed by atoms with Gasteiger partial charge in [0.15, 0.2) is 11.6 Å². The Morgan fingerprint density at radius 3 is 2.48 bits per heavy atom. The molecule has 0 spiro atoms. The molecule has 0 aliphatic heterocycles. The summed E-state index contributed by atoms with van der Waals surface area (Å²) in [6.07, 6.45) is 0. The van der Waals surface area contributed by atoms with Crippen LogP contribution in [0.15, 0.2) is 41.3 Å². The first kappa shape index (κ1) is 16.0. The molecular weight excluding hydrogens is 345 g/mol. The molecule has 8 heteroatoms. The summed E-state index contributed by atoms with van der Waals surface area (Å²) in [6.45, 7) is -0.254. The fraction of sp³-hybridized carbons (Fsp3) is 0.0769. The highest BCUT2D eigenvalue weighted by Crippen LogP contribution is 2.25. The van der Waals surface area contributed by atoms with E-state index in [0.29, 0.717) is 0 Å². The zero-order chi connectivity index (χ0) is 15.6. The van der Waals surface area contributed by atoms with Crippen LogP contribution >= 0.6 is 22.3 Å². The number of ether oxygens (including phenoxy) is 1. The van der Waals surface area contributed by atoms with Gasteiger partial charge in [0.1, 0.15) is 12.4 Å². The zero-order valence-electron chi connectivity index (χ0n) is 10.3. The maximum atomic E-state index is 13.7. The summed E-state index contributed by atoms with van der Waals surface area (Å²) < 4.78 is 54.5. The average molecular weight is 353 g/mol. The minimum Gasteiger partial charge on any atom is -0.486 e. The molecule has 0 saturated carbocycles. The van der Waals surface area contributed by atoms with E-state index >= 15 is 0 Å². The van der Waals surface area contributed by atoms with Crippen LogP contribution in [0.2, 0.25) is 5.02 Å². The average Bonchev–Trinajstić information content (AvgIpc) is 2.40. The fourth-order valence-corrected chi connectivity index (χ4v) is 2.52. The van der Waals surface area contributed by atoms with Gasteiger partial charge in [0.2, 0.25) is 0 Å². The van der Waals surface area contributed by atoms with E-state index in [4.69, 9.17) is 27.0 Å². The van der Waals surface area contributed by atoms with Crippen molar-refractivity contribution >= 4 is 31.3 Å². The Hall–Kier alpha value is -1.37. The highest BCUT2D eigenvalue weighted by Gasteiger charge is 2.14. The molecule has 0 bridgehead atoms. The van der Waals surface area contributed by atoms with Crippen molar-refractivity contribution in [3.63, 3.8) is 0 Å². The van der Waals surface area contributed by atoms with Gasteiger partial charge in [-0.25, -0.2) is 17.2 Å². The Bertz CT molecular complexity index is 779. The summed E-state index contributed by atoms with van der Waals surface area (Å²) in [6, 6.07) is 7.27. The molecule has 112 valence electrons. The highest BCUT2D eigenvalue weighted by molar-refractivity contribution is 8.13.